The van der Waals surface area contributed by atoms with Crippen molar-refractivity contribution in [2.75, 3.05) is 14.2 Å². The van der Waals surface area contributed by atoms with Gasteiger partial charge >= 0.3 is 7.41 Å². The highest BCUT2D eigenvalue weighted by Gasteiger charge is 2.14. The van der Waals surface area contributed by atoms with Crippen LogP contribution in [0.25, 0.3) is 0 Å². The van der Waals surface area contributed by atoms with Gasteiger partial charge in [-0.05, 0) is 13.0 Å². The molecule has 0 fully saturated rings. The van der Waals surface area contributed by atoms with Gasteiger partial charge in [0.25, 0.3) is 5.91 Å². The van der Waals surface area contributed by atoms with Crippen LogP contribution in [0.5, 0.6) is 11.5 Å². The van der Waals surface area contributed by atoms with E-state index in [0.29, 0.717) is 17.1 Å². The number of nitriles is 1. The lowest BCUT2D eigenvalue weighted by Gasteiger charge is -2.18. The van der Waals surface area contributed by atoms with Crippen LogP contribution in [0.15, 0.2) is 42.7 Å². The van der Waals surface area contributed by atoms with Crippen LogP contribution in [-0.4, -0.2) is 27.5 Å². The number of nitrogens with zero attached hydrogens (tertiary/aromatic N) is 2. The Hall–Kier alpha value is -3.05. The third-order valence-corrected chi connectivity index (χ3v) is 3.91. The van der Waals surface area contributed by atoms with Gasteiger partial charge in [0.05, 0.1) is 25.8 Å². The van der Waals surface area contributed by atoms with Gasteiger partial charge in [0, 0.05) is 23.8 Å². The second-order valence-corrected chi connectivity index (χ2v) is 5.63. The van der Waals surface area contributed by atoms with Gasteiger partial charge in [0.2, 0.25) is 0 Å². The van der Waals surface area contributed by atoms with Crippen LogP contribution < -0.4 is 24.8 Å². The highest BCUT2D eigenvalue weighted by Crippen LogP contribution is 2.28. The fourth-order valence-corrected chi connectivity index (χ4v) is 2.42. The first-order valence-electron chi connectivity index (χ1n) is 8.00. The first-order valence-corrected chi connectivity index (χ1v) is 8.00. The van der Waals surface area contributed by atoms with E-state index in [1.54, 1.807) is 44.8 Å². The van der Waals surface area contributed by atoms with Gasteiger partial charge in [0.1, 0.15) is 23.9 Å². The van der Waals surface area contributed by atoms with Gasteiger partial charge in [-0.15, -0.1) is 0 Å². The van der Waals surface area contributed by atoms with E-state index in [1.807, 2.05) is 23.5 Å². The number of carbonyl (C=O) groups is 1. The summed E-state index contributed by atoms with van der Waals surface area (Å²) < 4.78 is 12.4. The third-order valence-electron chi connectivity index (χ3n) is 3.91. The van der Waals surface area contributed by atoms with Crippen molar-refractivity contribution in [3.05, 3.63) is 53.9 Å². The van der Waals surface area contributed by atoms with Gasteiger partial charge in [-0.1, -0.05) is 12.0 Å². The average Bonchev–Trinajstić information content (AvgIpc) is 2.66. The Bertz CT molecular complexity index is 774. The molecule has 8 heteroatoms. The maximum atomic E-state index is 12.2. The summed E-state index contributed by atoms with van der Waals surface area (Å²) in [5.74, 6) is 3.30. The number of amides is 1. The number of ether oxygens (including phenoxy) is 2. The standard InChI is InChI=1S/C17H21BN4O3/c1-12(15-5-4-14(24-2)10-16(15)25-3)20-21-17(23)13-6-8-22(9-7-13)18-11-19/h4-10,12,20H,18H2,1-3H3,(H,21,23). The predicted octanol–water partition coefficient (Wildman–Crippen LogP) is 0.400. The third kappa shape index (κ3) is 4.72. The van der Waals surface area contributed by atoms with Crippen molar-refractivity contribution in [3.8, 4) is 17.5 Å². The summed E-state index contributed by atoms with van der Waals surface area (Å²) in [4.78, 5) is 12.2. The normalized spacial score (nSPS) is 11.3. The summed E-state index contributed by atoms with van der Waals surface area (Å²) in [6.45, 7) is 1.92. The van der Waals surface area contributed by atoms with Crippen LogP contribution in [-0.2, 0) is 0 Å². The van der Waals surface area contributed by atoms with Crippen molar-refractivity contribution >= 4 is 13.3 Å². The zero-order valence-electron chi connectivity index (χ0n) is 14.7. The first kappa shape index (κ1) is 18.3. The van der Waals surface area contributed by atoms with E-state index < -0.39 is 7.41 Å². The van der Waals surface area contributed by atoms with Crippen molar-refractivity contribution in [1.29, 1.82) is 5.26 Å². The molecule has 2 rings (SSSR count). The van der Waals surface area contributed by atoms with Gasteiger partial charge in [-0.2, -0.15) is 0 Å². The van der Waals surface area contributed by atoms with E-state index in [1.165, 1.54) is 0 Å². The molecule has 0 aliphatic heterocycles. The Balaban J connectivity index is 2.00. The molecule has 0 saturated carbocycles. The average molecular weight is 340 g/mol. The molecule has 1 amide bonds. The molecule has 1 atom stereocenters. The molecule has 130 valence electrons. The van der Waals surface area contributed by atoms with E-state index in [9.17, 15) is 4.79 Å². The quantitative estimate of drug-likeness (QED) is 0.563. The Morgan fingerprint density at radius 2 is 1.96 bits per heavy atom. The molecule has 0 radical (unpaired) electrons. The second kappa shape index (κ2) is 8.71. The SMILES string of the molecule is COc1ccc(C(C)NNC(=O)c2cc[n+]([BH2-]C#N)cc2)c(OC)c1. The molecule has 1 unspecified atom stereocenters. The lowest BCUT2D eigenvalue weighted by atomic mass is 9.98. The van der Waals surface area contributed by atoms with E-state index >= 15 is 0 Å². The van der Waals surface area contributed by atoms with E-state index in [0.717, 1.165) is 5.56 Å². The summed E-state index contributed by atoms with van der Waals surface area (Å²) in [7, 11) is 2.34. The molecule has 2 aromatic rings. The molecule has 0 saturated heterocycles. The van der Waals surface area contributed by atoms with Crippen LogP contribution in [0.2, 0.25) is 0 Å². The van der Waals surface area contributed by atoms with Crippen LogP contribution in [0.3, 0.4) is 0 Å². The van der Waals surface area contributed by atoms with Crippen molar-refractivity contribution in [2.24, 2.45) is 0 Å². The Labute approximate surface area is 147 Å². The van der Waals surface area contributed by atoms with Crippen molar-refractivity contribution in [2.45, 2.75) is 13.0 Å². The number of methoxy groups -OCH3 is 2. The number of nitrogens with one attached hydrogen (secondary N) is 2. The van der Waals surface area contributed by atoms with Crippen LogP contribution >= 0.6 is 0 Å². The molecule has 25 heavy (non-hydrogen) atoms. The monoisotopic (exact) mass is 340 g/mol. The zero-order valence-corrected chi connectivity index (χ0v) is 14.7. The predicted molar refractivity (Wildman–Crippen MR) is 94.8 cm³/mol. The Morgan fingerprint density at radius 3 is 2.56 bits per heavy atom. The lowest BCUT2D eigenvalue weighted by Crippen LogP contribution is -2.41. The van der Waals surface area contributed by atoms with Crippen molar-refractivity contribution in [1.82, 2.24) is 10.9 Å². The number of aromatic nitrogens is 1. The van der Waals surface area contributed by atoms with E-state index in [-0.39, 0.29) is 11.9 Å². The number of benzene rings is 1. The molecule has 2 N–H and O–H groups in total. The van der Waals surface area contributed by atoms with Crippen molar-refractivity contribution < 1.29 is 18.7 Å². The number of pyridine rings is 1. The molecule has 7 nitrogen and oxygen atoms in total. The number of hydrogen-bond donors (Lipinski definition) is 2. The maximum Gasteiger partial charge on any atom is 0.349 e. The summed E-state index contributed by atoms with van der Waals surface area (Å²) >= 11 is 0. The minimum absolute atomic E-state index is 0.163. The molecule has 1 aromatic heterocycles. The molecule has 0 spiro atoms. The molecule has 0 aliphatic rings. The molecule has 1 heterocycles. The van der Waals surface area contributed by atoms with Crippen LogP contribution in [0, 0.1) is 11.2 Å². The Morgan fingerprint density at radius 1 is 1.24 bits per heavy atom. The summed E-state index contributed by atoms with van der Waals surface area (Å²) in [6, 6.07) is 8.74. The smallest absolute Gasteiger partial charge is 0.349 e. The summed E-state index contributed by atoms with van der Waals surface area (Å²) in [5.41, 5.74) is 7.08. The fourth-order valence-electron chi connectivity index (χ4n) is 2.42. The summed E-state index contributed by atoms with van der Waals surface area (Å²) in [6.07, 6.45) is 3.49. The van der Waals surface area contributed by atoms with Crippen molar-refractivity contribution in [3.63, 3.8) is 0 Å². The molecular formula is C17H21BN4O3. The Kier molecular flexibility index (Phi) is 6.37. The van der Waals surface area contributed by atoms with Crippen LogP contribution in [0.4, 0.5) is 0 Å². The van der Waals surface area contributed by atoms with Gasteiger partial charge in [0.15, 0.2) is 0 Å². The first-order chi connectivity index (χ1) is 12.1. The van der Waals surface area contributed by atoms with E-state index in [4.69, 9.17) is 14.7 Å². The zero-order chi connectivity index (χ0) is 18.2. The number of carbonyl (C=O) groups excluding carboxylic acids is 1. The lowest BCUT2D eigenvalue weighted by molar-refractivity contribution is -0.527. The maximum absolute atomic E-state index is 12.2. The van der Waals surface area contributed by atoms with Crippen LogP contribution in [0.1, 0.15) is 28.9 Å². The topological polar surface area (TPSA) is 87.3 Å². The minimum Gasteiger partial charge on any atom is -0.497 e. The van der Waals surface area contributed by atoms with Gasteiger partial charge in [-0.25, -0.2) is 10.7 Å². The highest BCUT2D eigenvalue weighted by atomic mass is 16.5. The molecule has 0 bridgehead atoms. The van der Waals surface area contributed by atoms with Gasteiger partial charge < -0.3 is 14.0 Å². The highest BCUT2D eigenvalue weighted by molar-refractivity contribution is 6.35. The molecule has 0 aliphatic carbocycles. The molecular weight excluding hydrogens is 319 g/mol. The molecule has 1 aromatic carbocycles. The summed E-state index contributed by atoms with van der Waals surface area (Å²) in [5, 5.41) is 8.70. The minimum atomic E-state index is -0.842. The number of hydrazine groups is 1. The number of hydrogen-bond acceptors (Lipinski definition) is 5. The largest absolute Gasteiger partial charge is 0.497 e. The second-order valence-electron chi connectivity index (χ2n) is 5.63. The number of rotatable bonds is 7. The van der Waals surface area contributed by atoms with E-state index in [2.05, 4.69) is 16.8 Å². The van der Waals surface area contributed by atoms with Gasteiger partial charge in [-0.3, -0.25) is 10.2 Å². The fraction of sp³-hybridized carbons (Fsp3) is 0.235.